The number of furan rings is 1. The van der Waals surface area contributed by atoms with Gasteiger partial charge in [0.25, 0.3) is 0 Å². The highest BCUT2D eigenvalue weighted by Crippen LogP contribution is 2.41. The van der Waals surface area contributed by atoms with Crippen molar-refractivity contribution in [3.63, 3.8) is 0 Å². The van der Waals surface area contributed by atoms with Crippen molar-refractivity contribution in [3.8, 4) is 33.4 Å². The van der Waals surface area contributed by atoms with Crippen molar-refractivity contribution in [2.24, 2.45) is 0 Å². The van der Waals surface area contributed by atoms with E-state index in [-0.39, 0.29) is 0 Å². The first kappa shape index (κ1) is 27.9. The minimum atomic E-state index is 0.913. The molecule has 9 aromatic rings. The van der Waals surface area contributed by atoms with E-state index in [4.69, 9.17) is 4.42 Å². The fourth-order valence-electron chi connectivity index (χ4n) is 6.87. The first-order chi connectivity index (χ1) is 23.8. The predicted octanol–water partition coefficient (Wildman–Crippen LogP) is 13.2. The second-order valence-electron chi connectivity index (χ2n) is 12.2. The molecule has 48 heavy (non-hydrogen) atoms. The van der Waals surface area contributed by atoms with Gasteiger partial charge < -0.3 is 9.32 Å². The maximum Gasteiger partial charge on any atom is 0.136 e. The van der Waals surface area contributed by atoms with Crippen molar-refractivity contribution >= 4 is 49.8 Å². The van der Waals surface area contributed by atoms with Crippen LogP contribution in [0.5, 0.6) is 0 Å². The number of nitrogens with zero attached hydrogens (tertiary/aromatic N) is 1. The topological polar surface area (TPSA) is 16.4 Å². The molecule has 0 saturated carbocycles. The Morgan fingerprint density at radius 1 is 0.312 bits per heavy atom. The fourth-order valence-corrected chi connectivity index (χ4v) is 6.87. The normalized spacial score (nSPS) is 11.3. The Balaban J connectivity index is 1.14. The van der Waals surface area contributed by atoms with E-state index in [9.17, 15) is 0 Å². The number of hydrogen-bond donors (Lipinski definition) is 0. The molecule has 0 radical (unpaired) electrons. The Labute approximate surface area is 279 Å². The molecule has 0 spiro atoms. The Morgan fingerprint density at radius 3 is 1.56 bits per heavy atom. The Kier molecular flexibility index (Phi) is 6.84. The molecule has 0 atom stereocenters. The van der Waals surface area contributed by atoms with Gasteiger partial charge in [0.1, 0.15) is 11.2 Å². The van der Waals surface area contributed by atoms with Gasteiger partial charge in [0.05, 0.1) is 0 Å². The second-order valence-corrected chi connectivity index (χ2v) is 12.2. The molecule has 226 valence electrons. The number of para-hydroxylation sites is 1. The zero-order chi connectivity index (χ0) is 31.9. The monoisotopic (exact) mass is 613 g/mol. The highest BCUT2D eigenvalue weighted by molar-refractivity contribution is 6.19. The smallest absolute Gasteiger partial charge is 0.136 e. The lowest BCUT2D eigenvalue weighted by atomic mass is 9.99. The molecule has 0 unspecified atom stereocenters. The summed E-state index contributed by atoms with van der Waals surface area (Å²) in [4.78, 5) is 2.35. The predicted molar refractivity (Wildman–Crippen MR) is 202 cm³/mol. The van der Waals surface area contributed by atoms with E-state index in [1.165, 1.54) is 44.2 Å². The van der Waals surface area contributed by atoms with Crippen LogP contribution in [-0.2, 0) is 0 Å². The van der Waals surface area contributed by atoms with Gasteiger partial charge >= 0.3 is 0 Å². The molecule has 0 aliphatic rings. The van der Waals surface area contributed by atoms with E-state index in [1.54, 1.807) is 0 Å². The Morgan fingerprint density at radius 2 is 0.854 bits per heavy atom. The van der Waals surface area contributed by atoms with Gasteiger partial charge in [-0.25, -0.2) is 0 Å². The van der Waals surface area contributed by atoms with Gasteiger partial charge in [0.2, 0.25) is 0 Å². The third-order valence-corrected chi connectivity index (χ3v) is 9.26. The van der Waals surface area contributed by atoms with Gasteiger partial charge in [-0.3, -0.25) is 0 Å². The van der Waals surface area contributed by atoms with Crippen LogP contribution in [0.3, 0.4) is 0 Å². The van der Waals surface area contributed by atoms with Crippen molar-refractivity contribution in [1.29, 1.82) is 0 Å². The molecule has 0 aliphatic heterocycles. The van der Waals surface area contributed by atoms with Gasteiger partial charge in [0.15, 0.2) is 0 Å². The fraction of sp³-hybridized carbons (Fsp3) is 0. The van der Waals surface area contributed by atoms with Crippen LogP contribution in [0.1, 0.15) is 0 Å². The molecule has 0 saturated heterocycles. The van der Waals surface area contributed by atoms with Crippen LogP contribution in [0.15, 0.2) is 192 Å². The second kappa shape index (κ2) is 11.8. The largest absolute Gasteiger partial charge is 0.456 e. The highest BCUT2D eigenvalue weighted by Gasteiger charge is 2.16. The number of rotatable bonds is 6. The van der Waals surface area contributed by atoms with Crippen molar-refractivity contribution in [1.82, 2.24) is 0 Å². The summed E-state index contributed by atoms with van der Waals surface area (Å²) in [5.41, 5.74) is 12.3. The molecule has 9 rings (SSSR count). The zero-order valence-corrected chi connectivity index (χ0v) is 26.3. The molecule has 2 heteroatoms. The third-order valence-electron chi connectivity index (χ3n) is 9.26. The van der Waals surface area contributed by atoms with Crippen molar-refractivity contribution < 1.29 is 4.42 Å². The summed E-state index contributed by atoms with van der Waals surface area (Å²) < 4.78 is 6.20. The molecule has 0 amide bonds. The van der Waals surface area contributed by atoms with Gasteiger partial charge in [0, 0.05) is 27.8 Å². The van der Waals surface area contributed by atoms with Crippen molar-refractivity contribution in [3.05, 3.63) is 188 Å². The first-order valence-corrected chi connectivity index (χ1v) is 16.3. The van der Waals surface area contributed by atoms with Crippen LogP contribution in [-0.4, -0.2) is 0 Å². The van der Waals surface area contributed by atoms with E-state index in [1.807, 2.05) is 12.1 Å². The van der Waals surface area contributed by atoms with Crippen LogP contribution < -0.4 is 4.90 Å². The highest BCUT2D eigenvalue weighted by atomic mass is 16.3. The van der Waals surface area contributed by atoms with Crippen LogP contribution in [0.25, 0.3) is 66.1 Å². The summed E-state index contributed by atoms with van der Waals surface area (Å²) in [7, 11) is 0. The number of fused-ring (bicyclic) bond motifs is 5. The average molecular weight is 614 g/mol. The lowest BCUT2D eigenvalue weighted by molar-refractivity contribution is 0.669. The van der Waals surface area contributed by atoms with Crippen LogP contribution in [0, 0.1) is 0 Å². The maximum atomic E-state index is 6.20. The molecule has 2 nitrogen and oxygen atoms in total. The third kappa shape index (κ3) is 5.01. The zero-order valence-electron chi connectivity index (χ0n) is 26.3. The molecular formula is C46H31NO. The summed E-state index contributed by atoms with van der Waals surface area (Å²) in [5, 5.41) is 4.67. The molecule has 1 aromatic heterocycles. The van der Waals surface area contributed by atoms with Crippen LogP contribution in [0.2, 0.25) is 0 Å². The van der Waals surface area contributed by atoms with Gasteiger partial charge in [-0.2, -0.15) is 0 Å². The lowest BCUT2D eigenvalue weighted by Crippen LogP contribution is -2.10. The van der Waals surface area contributed by atoms with Gasteiger partial charge in [-0.05, 0) is 92.7 Å². The van der Waals surface area contributed by atoms with E-state index in [0.717, 1.165) is 39.0 Å². The molecule has 1 heterocycles. The standard InChI is InChI=1S/C46H31NO/c1-3-10-32(11-4-1)34-18-20-35(21-19-34)36-22-25-39(26-23-36)47(40-15-9-14-37(30-40)33-12-5-2-6-13-33)41-27-28-42-38(31-41)24-29-45-46(42)43-16-7-8-17-44(43)48-45/h1-31H. The van der Waals surface area contributed by atoms with Crippen molar-refractivity contribution in [2.45, 2.75) is 0 Å². The van der Waals surface area contributed by atoms with E-state index >= 15 is 0 Å². The number of hydrogen-bond acceptors (Lipinski definition) is 2. The van der Waals surface area contributed by atoms with Gasteiger partial charge in [-0.1, -0.05) is 140 Å². The Bertz CT molecular complexity index is 2530. The lowest BCUT2D eigenvalue weighted by Gasteiger charge is -2.26. The van der Waals surface area contributed by atoms with Crippen molar-refractivity contribution in [2.75, 3.05) is 4.90 Å². The van der Waals surface area contributed by atoms with E-state index in [2.05, 4.69) is 181 Å². The SMILES string of the molecule is c1ccc(-c2ccc(-c3ccc(N(c4cccc(-c5ccccc5)c4)c4ccc5c(ccc6oc7ccccc7c65)c4)cc3)cc2)cc1. The van der Waals surface area contributed by atoms with Crippen LogP contribution in [0.4, 0.5) is 17.1 Å². The molecular weight excluding hydrogens is 583 g/mol. The summed E-state index contributed by atoms with van der Waals surface area (Å²) in [6.45, 7) is 0. The minimum Gasteiger partial charge on any atom is -0.456 e. The first-order valence-electron chi connectivity index (χ1n) is 16.3. The molecule has 0 bridgehead atoms. The molecule has 0 aliphatic carbocycles. The quantitative estimate of drug-likeness (QED) is 0.185. The summed E-state index contributed by atoms with van der Waals surface area (Å²) in [6.07, 6.45) is 0. The Hall–Kier alpha value is -6.38. The summed E-state index contributed by atoms with van der Waals surface area (Å²) in [6, 6.07) is 67.0. The minimum absolute atomic E-state index is 0.913. The van der Waals surface area contributed by atoms with Crippen LogP contribution >= 0.6 is 0 Å². The summed E-state index contributed by atoms with van der Waals surface area (Å²) >= 11 is 0. The average Bonchev–Trinajstić information content (AvgIpc) is 3.55. The van der Waals surface area contributed by atoms with E-state index < -0.39 is 0 Å². The summed E-state index contributed by atoms with van der Waals surface area (Å²) in [5.74, 6) is 0. The molecule has 0 N–H and O–H groups in total. The van der Waals surface area contributed by atoms with Gasteiger partial charge in [-0.15, -0.1) is 0 Å². The molecule has 0 fully saturated rings. The molecule has 8 aromatic carbocycles. The van der Waals surface area contributed by atoms with E-state index in [0.29, 0.717) is 0 Å². The number of anilines is 3. The maximum absolute atomic E-state index is 6.20. The number of benzene rings is 8.